The van der Waals surface area contributed by atoms with E-state index in [1.807, 2.05) is 0 Å². The molecule has 0 aromatic carbocycles. The van der Waals surface area contributed by atoms with Gasteiger partial charge in [0.15, 0.2) is 11.8 Å². The van der Waals surface area contributed by atoms with Gasteiger partial charge < -0.3 is 30.1 Å². The Kier molecular flexibility index (Phi) is 8.79. The molecule has 0 saturated carbocycles. The first kappa shape index (κ1) is 20.8. The molecule has 0 aliphatic heterocycles. The molecular formula is C16H26N2O7. The topological polar surface area (TPSA) is 130 Å². The highest BCUT2D eigenvalue weighted by Gasteiger charge is 2.16. The third-order valence-corrected chi connectivity index (χ3v) is 3.71. The fourth-order valence-electron chi connectivity index (χ4n) is 2.10. The van der Waals surface area contributed by atoms with Crippen LogP contribution >= 0.6 is 0 Å². The Bertz CT molecular complexity index is 558. The molecule has 1 amide bonds. The first-order chi connectivity index (χ1) is 11.8. The number of aromatic hydroxyl groups is 2. The molecule has 0 unspecified atom stereocenters. The second-order valence-corrected chi connectivity index (χ2v) is 5.52. The van der Waals surface area contributed by atoms with E-state index in [1.165, 1.54) is 4.57 Å². The van der Waals surface area contributed by atoms with Gasteiger partial charge in [-0.2, -0.15) is 0 Å². The predicted octanol–water partition coefficient (Wildman–Crippen LogP) is 0.530. The maximum Gasteiger partial charge on any atom is 0.305 e. The van der Waals surface area contributed by atoms with Crippen molar-refractivity contribution in [2.24, 2.45) is 0 Å². The molecule has 4 N–H and O–H groups in total. The molecule has 1 aromatic rings. The summed E-state index contributed by atoms with van der Waals surface area (Å²) in [6.45, 7) is 4.98. The number of hydrogen-bond acceptors (Lipinski definition) is 6. The number of nitrogens with zero attached hydrogens (tertiary/aromatic N) is 1. The van der Waals surface area contributed by atoms with E-state index < -0.39 is 5.97 Å². The normalized spacial score (nSPS) is 10.8. The van der Waals surface area contributed by atoms with Gasteiger partial charge in [-0.1, -0.05) is 0 Å². The summed E-state index contributed by atoms with van der Waals surface area (Å²) in [6, 6.07) is 0. The maximum absolute atomic E-state index is 11.7. The van der Waals surface area contributed by atoms with Crippen molar-refractivity contribution < 1.29 is 34.4 Å². The van der Waals surface area contributed by atoms with Gasteiger partial charge in [-0.05, 0) is 13.8 Å². The molecule has 1 aromatic heterocycles. The van der Waals surface area contributed by atoms with Crippen LogP contribution in [0.4, 0.5) is 0 Å². The van der Waals surface area contributed by atoms with Crippen LogP contribution in [0.15, 0.2) is 0 Å². The zero-order valence-corrected chi connectivity index (χ0v) is 14.6. The van der Waals surface area contributed by atoms with Gasteiger partial charge in [-0.3, -0.25) is 14.2 Å². The van der Waals surface area contributed by atoms with E-state index in [0.29, 0.717) is 37.5 Å². The van der Waals surface area contributed by atoms with E-state index in [9.17, 15) is 19.8 Å². The number of ether oxygens (including phenoxy) is 2. The monoisotopic (exact) mass is 358 g/mol. The third-order valence-electron chi connectivity index (χ3n) is 3.71. The van der Waals surface area contributed by atoms with Crippen LogP contribution in [0.3, 0.4) is 0 Å². The zero-order valence-electron chi connectivity index (χ0n) is 14.6. The average molecular weight is 358 g/mol. The maximum atomic E-state index is 11.7. The Balaban J connectivity index is 2.10. The van der Waals surface area contributed by atoms with E-state index in [-0.39, 0.29) is 43.7 Å². The second kappa shape index (κ2) is 10.6. The van der Waals surface area contributed by atoms with Gasteiger partial charge in [0.05, 0.1) is 32.8 Å². The number of aliphatic carboxylic acids is 1. The number of aromatic nitrogens is 1. The molecule has 0 saturated heterocycles. The number of rotatable bonds is 12. The quantitative estimate of drug-likeness (QED) is 0.401. The molecule has 1 rings (SSSR count). The van der Waals surface area contributed by atoms with Crippen molar-refractivity contribution in [2.45, 2.75) is 33.2 Å². The molecule has 25 heavy (non-hydrogen) atoms. The lowest BCUT2D eigenvalue weighted by atomic mass is 10.2. The number of amides is 1. The lowest BCUT2D eigenvalue weighted by Crippen LogP contribution is -2.28. The number of carbonyl (C=O) groups excluding carboxylic acids is 1. The Morgan fingerprint density at radius 2 is 1.52 bits per heavy atom. The number of carboxylic acids is 1. The molecule has 0 aliphatic carbocycles. The Labute approximate surface area is 146 Å². The van der Waals surface area contributed by atoms with Crippen LogP contribution in [0.5, 0.6) is 11.8 Å². The van der Waals surface area contributed by atoms with E-state index in [4.69, 9.17) is 14.6 Å². The summed E-state index contributed by atoms with van der Waals surface area (Å²) in [5.41, 5.74) is 1.19. The van der Waals surface area contributed by atoms with Crippen LogP contribution in [0.1, 0.15) is 24.0 Å². The Morgan fingerprint density at radius 1 is 0.960 bits per heavy atom. The molecule has 142 valence electrons. The highest BCUT2D eigenvalue weighted by atomic mass is 16.5. The van der Waals surface area contributed by atoms with Crippen molar-refractivity contribution in [1.82, 2.24) is 9.88 Å². The third kappa shape index (κ3) is 7.02. The minimum Gasteiger partial charge on any atom is -0.494 e. The number of nitrogens with one attached hydrogen (secondary N) is 1. The number of hydrogen-bond donors (Lipinski definition) is 4. The Morgan fingerprint density at radius 3 is 2.08 bits per heavy atom. The van der Waals surface area contributed by atoms with Gasteiger partial charge in [0.25, 0.3) is 0 Å². The van der Waals surface area contributed by atoms with Gasteiger partial charge in [0.2, 0.25) is 5.91 Å². The van der Waals surface area contributed by atoms with Crippen LogP contribution < -0.4 is 5.32 Å². The van der Waals surface area contributed by atoms with Crippen molar-refractivity contribution in [1.29, 1.82) is 0 Å². The molecule has 0 radical (unpaired) electrons. The van der Waals surface area contributed by atoms with E-state index in [2.05, 4.69) is 5.32 Å². The first-order valence-corrected chi connectivity index (χ1v) is 8.06. The van der Waals surface area contributed by atoms with Crippen molar-refractivity contribution in [3.8, 4) is 11.8 Å². The van der Waals surface area contributed by atoms with Crippen LogP contribution in [-0.4, -0.2) is 64.7 Å². The predicted molar refractivity (Wildman–Crippen MR) is 88.8 cm³/mol. The van der Waals surface area contributed by atoms with Crippen LogP contribution in [-0.2, 0) is 25.6 Å². The summed E-state index contributed by atoms with van der Waals surface area (Å²) < 4.78 is 11.6. The highest BCUT2D eigenvalue weighted by Crippen LogP contribution is 2.32. The van der Waals surface area contributed by atoms with Gasteiger partial charge in [0.1, 0.15) is 0 Å². The van der Waals surface area contributed by atoms with Crippen LogP contribution in [0, 0.1) is 13.8 Å². The molecule has 0 spiro atoms. The van der Waals surface area contributed by atoms with E-state index >= 15 is 0 Å². The average Bonchev–Trinajstić information content (AvgIpc) is 2.75. The molecule has 0 atom stereocenters. The van der Waals surface area contributed by atoms with Gasteiger partial charge in [0, 0.05) is 30.6 Å². The smallest absolute Gasteiger partial charge is 0.305 e. The van der Waals surface area contributed by atoms with E-state index in [1.54, 1.807) is 13.8 Å². The summed E-state index contributed by atoms with van der Waals surface area (Å²) >= 11 is 0. The molecule has 1 heterocycles. The fraction of sp³-hybridized carbons (Fsp3) is 0.625. The molecule has 9 nitrogen and oxygen atoms in total. The first-order valence-electron chi connectivity index (χ1n) is 8.06. The fourth-order valence-corrected chi connectivity index (χ4v) is 2.10. The lowest BCUT2D eigenvalue weighted by Gasteiger charge is -2.09. The number of carboxylic acid groups (broad SMARTS) is 1. The Hall–Kier alpha value is -2.26. The van der Waals surface area contributed by atoms with Crippen molar-refractivity contribution >= 4 is 11.9 Å². The lowest BCUT2D eigenvalue weighted by molar-refractivity contribution is -0.138. The van der Waals surface area contributed by atoms with Crippen LogP contribution in [0.25, 0.3) is 0 Å². The summed E-state index contributed by atoms with van der Waals surface area (Å²) in [5, 5.41) is 30.9. The minimum absolute atomic E-state index is 0.0333. The molecule has 9 heteroatoms. The van der Waals surface area contributed by atoms with Gasteiger partial charge in [-0.15, -0.1) is 0 Å². The van der Waals surface area contributed by atoms with E-state index in [0.717, 1.165) is 0 Å². The second-order valence-electron chi connectivity index (χ2n) is 5.52. The molecule has 0 fully saturated rings. The van der Waals surface area contributed by atoms with Gasteiger partial charge in [-0.25, -0.2) is 0 Å². The minimum atomic E-state index is -0.907. The summed E-state index contributed by atoms with van der Waals surface area (Å²) in [5.74, 6) is -1.19. The molecule has 0 bridgehead atoms. The van der Waals surface area contributed by atoms with Crippen LogP contribution in [0.2, 0.25) is 0 Å². The highest BCUT2D eigenvalue weighted by molar-refractivity contribution is 5.75. The number of carbonyl (C=O) groups is 2. The summed E-state index contributed by atoms with van der Waals surface area (Å²) in [7, 11) is 0. The largest absolute Gasteiger partial charge is 0.494 e. The van der Waals surface area contributed by atoms with Crippen molar-refractivity contribution in [3.63, 3.8) is 0 Å². The van der Waals surface area contributed by atoms with Crippen molar-refractivity contribution in [3.05, 3.63) is 11.1 Å². The zero-order chi connectivity index (χ0) is 18.8. The molecule has 0 aliphatic rings. The molecular weight excluding hydrogens is 332 g/mol. The van der Waals surface area contributed by atoms with Gasteiger partial charge >= 0.3 is 5.97 Å². The standard InChI is InChI=1S/C16H26N2O7/c1-11-12(2)16(23)18(15(11)22)6-3-13(19)17-5-8-25-10-9-24-7-4-14(20)21/h22-23H,3-10H2,1-2H3,(H,17,19)(H,20,21). The SMILES string of the molecule is Cc1c(C)c(O)n(CCC(=O)NCCOCCOCCC(=O)O)c1O. The van der Waals surface area contributed by atoms with Crippen molar-refractivity contribution in [2.75, 3.05) is 33.0 Å². The summed E-state index contributed by atoms with van der Waals surface area (Å²) in [6.07, 6.45) is 0.0780. The summed E-state index contributed by atoms with van der Waals surface area (Å²) in [4.78, 5) is 22.0.